The molecule has 0 saturated carbocycles. The van der Waals surface area contributed by atoms with Crippen LogP contribution in [0.1, 0.15) is 31.0 Å². The van der Waals surface area contributed by atoms with E-state index >= 15 is 0 Å². The Morgan fingerprint density at radius 1 is 1.14 bits per heavy atom. The molecule has 29 heavy (non-hydrogen) atoms. The molecular weight excluding hydrogens is 450 g/mol. The number of thiazole rings is 1. The summed E-state index contributed by atoms with van der Waals surface area (Å²) in [5.41, 5.74) is 3.68. The first-order valence-corrected chi connectivity index (χ1v) is 10.7. The number of halogens is 1. The number of hydrogen-bond donors (Lipinski definition) is 2. The molecule has 2 amide bonds. The monoisotopic (exact) mass is 469 g/mol. The fourth-order valence-corrected chi connectivity index (χ4v) is 3.86. The van der Waals surface area contributed by atoms with Gasteiger partial charge in [0, 0.05) is 28.4 Å². The standard InChI is InChI=1S/C22H20BrN3O2S/c1-14(24-15(2)27)16-7-9-18(10-8-16)20-13-29-22(25-20)26-21(28)12-11-17-5-3-4-6-19(17)23/h3-14H,1-2H3,(H,24,27)(H,25,26,28). The van der Waals surface area contributed by atoms with Crippen molar-refractivity contribution in [1.29, 1.82) is 0 Å². The van der Waals surface area contributed by atoms with Gasteiger partial charge in [0.2, 0.25) is 11.8 Å². The Bertz CT molecular complexity index is 1040. The second-order valence-electron chi connectivity index (χ2n) is 6.43. The first-order chi connectivity index (χ1) is 13.9. The second kappa shape index (κ2) is 9.62. The molecule has 0 bridgehead atoms. The van der Waals surface area contributed by atoms with E-state index in [1.165, 1.54) is 24.3 Å². The van der Waals surface area contributed by atoms with Crippen LogP contribution in [0.3, 0.4) is 0 Å². The maximum absolute atomic E-state index is 12.2. The summed E-state index contributed by atoms with van der Waals surface area (Å²) in [5, 5.41) is 8.10. The van der Waals surface area contributed by atoms with Crippen molar-refractivity contribution in [2.75, 3.05) is 5.32 Å². The van der Waals surface area contributed by atoms with E-state index in [2.05, 4.69) is 31.5 Å². The minimum atomic E-state index is -0.235. The van der Waals surface area contributed by atoms with Gasteiger partial charge in [0.1, 0.15) is 0 Å². The highest BCUT2D eigenvalue weighted by atomic mass is 79.9. The van der Waals surface area contributed by atoms with Crippen molar-refractivity contribution in [3.8, 4) is 11.3 Å². The lowest BCUT2D eigenvalue weighted by molar-refractivity contribution is -0.119. The van der Waals surface area contributed by atoms with E-state index in [0.717, 1.165) is 26.9 Å². The Balaban J connectivity index is 1.64. The zero-order valence-corrected chi connectivity index (χ0v) is 18.4. The average molecular weight is 470 g/mol. The third-order valence-corrected chi connectivity index (χ3v) is 5.66. The molecule has 1 heterocycles. The Morgan fingerprint density at radius 3 is 2.55 bits per heavy atom. The molecule has 5 nitrogen and oxygen atoms in total. The Kier molecular flexibility index (Phi) is 6.95. The van der Waals surface area contributed by atoms with Crippen molar-refractivity contribution < 1.29 is 9.59 Å². The number of nitrogens with zero attached hydrogens (tertiary/aromatic N) is 1. The fraction of sp³-hybridized carbons (Fsp3) is 0.136. The average Bonchev–Trinajstić information content (AvgIpc) is 3.15. The number of anilines is 1. The molecular formula is C22H20BrN3O2S. The summed E-state index contributed by atoms with van der Waals surface area (Å²) in [7, 11) is 0. The highest BCUT2D eigenvalue weighted by Gasteiger charge is 2.09. The molecule has 1 unspecified atom stereocenters. The molecule has 0 spiro atoms. The van der Waals surface area contributed by atoms with E-state index in [1.54, 1.807) is 6.08 Å². The summed E-state index contributed by atoms with van der Waals surface area (Å²) < 4.78 is 0.928. The third-order valence-electron chi connectivity index (χ3n) is 4.18. The number of hydrogen-bond acceptors (Lipinski definition) is 4. The van der Waals surface area contributed by atoms with Crippen molar-refractivity contribution in [3.05, 3.63) is 75.6 Å². The number of carbonyl (C=O) groups excluding carboxylic acids is 2. The van der Waals surface area contributed by atoms with Crippen LogP contribution in [-0.2, 0) is 9.59 Å². The molecule has 0 fully saturated rings. The van der Waals surface area contributed by atoms with Gasteiger partial charge >= 0.3 is 0 Å². The topological polar surface area (TPSA) is 71.1 Å². The van der Waals surface area contributed by atoms with Crippen LogP contribution in [0, 0.1) is 0 Å². The van der Waals surface area contributed by atoms with Gasteiger partial charge in [0.05, 0.1) is 11.7 Å². The Labute approximate surface area is 182 Å². The molecule has 3 rings (SSSR count). The normalized spacial score (nSPS) is 12.0. The van der Waals surface area contributed by atoms with Gasteiger partial charge in [-0.15, -0.1) is 11.3 Å². The van der Waals surface area contributed by atoms with Gasteiger partial charge in [0.25, 0.3) is 0 Å². The van der Waals surface area contributed by atoms with E-state index in [4.69, 9.17) is 0 Å². The van der Waals surface area contributed by atoms with E-state index < -0.39 is 0 Å². The van der Waals surface area contributed by atoms with Crippen LogP contribution in [0.2, 0.25) is 0 Å². The van der Waals surface area contributed by atoms with Crippen LogP contribution in [0.15, 0.2) is 64.5 Å². The number of rotatable bonds is 6. The van der Waals surface area contributed by atoms with Gasteiger partial charge in [-0.3, -0.25) is 14.9 Å². The van der Waals surface area contributed by atoms with Gasteiger partial charge in [-0.25, -0.2) is 4.98 Å². The molecule has 2 aromatic carbocycles. The van der Waals surface area contributed by atoms with Gasteiger partial charge in [-0.05, 0) is 30.2 Å². The van der Waals surface area contributed by atoms with Crippen molar-refractivity contribution in [3.63, 3.8) is 0 Å². The molecule has 1 aromatic heterocycles. The molecule has 148 valence electrons. The van der Waals surface area contributed by atoms with Crippen LogP contribution in [0.4, 0.5) is 5.13 Å². The second-order valence-corrected chi connectivity index (χ2v) is 8.14. The number of amides is 2. The van der Waals surface area contributed by atoms with Crippen molar-refractivity contribution in [2.45, 2.75) is 19.9 Å². The molecule has 2 N–H and O–H groups in total. The van der Waals surface area contributed by atoms with Crippen LogP contribution in [0.5, 0.6) is 0 Å². The summed E-state index contributed by atoms with van der Waals surface area (Å²) in [6.45, 7) is 3.44. The molecule has 7 heteroatoms. The number of nitrogens with one attached hydrogen (secondary N) is 2. The maximum atomic E-state index is 12.2. The lowest BCUT2D eigenvalue weighted by atomic mass is 10.1. The maximum Gasteiger partial charge on any atom is 0.250 e. The first kappa shape index (κ1) is 21.0. The molecule has 0 aliphatic carbocycles. The minimum absolute atomic E-state index is 0.0525. The summed E-state index contributed by atoms with van der Waals surface area (Å²) >= 11 is 4.83. The number of carbonyl (C=O) groups is 2. The van der Waals surface area contributed by atoms with Crippen molar-refractivity contribution in [2.24, 2.45) is 0 Å². The fourth-order valence-electron chi connectivity index (χ4n) is 2.72. The van der Waals surface area contributed by atoms with Crippen LogP contribution in [-0.4, -0.2) is 16.8 Å². The van der Waals surface area contributed by atoms with E-state index in [-0.39, 0.29) is 17.9 Å². The van der Waals surface area contributed by atoms with Crippen molar-refractivity contribution >= 4 is 50.3 Å². The quantitative estimate of drug-likeness (QED) is 0.473. The summed E-state index contributed by atoms with van der Waals surface area (Å²) in [6.07, 6.45) is 3.24. The van der Waals surface area contributed by atoms with Gasteiger partial charge in [-0.2, -0.15) is 0 Å². The van der Waals surface area contributed by atoms with E-state index in [1.807, 2.05) is 60.8 Å². The smallest absolute Gasteiger partial charge is 0.250 e. The van der Waals surface area contributed by atoms with Crippen LogP contribution >= 0.6 is 27.3 Å². The lowest BCUT2D eigenvalue weighted by Gasteiger charge is -2.12. The molecule has 1 atom stereocenters. The molecule has 0 radical (unpaired) electrons. The Morgan fingerprint density at radius 2 is 1.86 bits per heavy atom. The van der Waals surface area contributed by atoms with Gasteiger partial charge in [-0.1, -0.05) is 58.4 Å². The predicted octanol–water partition coefficient (Wildman–Crippen LogP) is 5.42. The predicted molar refractivity (Wildman–Crippen MR) is 122 cm³/mol. The molecule has 3 aromatic rings. The van der Waals surface area contributed by atoms with Crippen LogP contribution < -0.4 is 10.6 Å². The summed E-state index contributed by atoms with van der Waals surface area (Å²) in [5.74, 6) is -0.295. The van der Waals surface area contributed by atoms with Crippen molar-refractivity contribution in [1.82, 2.24) is 10.3 Å². The highest BCUT2D eigenvalue weighted by Crippen LogP contribution is 2.26. The van der Waals surface area contributed by atoms with E-state index in [0.29, 0.717) is 5.13 Å². The molecule has 0 saturated heterocycles. The van der Waals surface area contributed by atoms with E-state index in [9.17, 15) is 9.59 Å². The van der Waals surface area contributed by atoms with Crippen LogP contribution in [0.25, 0.3) is 17.3 Å². The molecule has 0 aliphatic heterocycles. The SMILES string of the molecule is CC(=O)NC(C)c1ccc(-c2csc(NC(=O)C=Cc3ccccc3Br)n2)cc1. The third kappa shape index (κ3) is 5.85. The summed E-state index contributed by atoms with van der Waals surface area (Å²) in [4.78, 5) is 27.8. The largest absolute Gasteiger partial charge is 0.350 e. The summed E-state index contributed by atoms with van der Waals surface area (Å²) in [6, 6.07) is 15.5. The number of benzene rings is 2. The van der Waals surface area contributed by atoms with Gasteiger partial charge in [0.15, 0.2) is 5.13 Å². The minimum Gasteiger partial charge on any atom is -0.350 e. The number of aromatic nitrogens is 1. The zero-order valence-electron chi connectivity index (χ0n) is 16.0. The lowest BCUT2D eigenvalue weighted by Crippen LogP contribution is -2.23. The zero-order chi connectivity index (χ0) is 20.8. The van der Waals surface area contributed by atoms with Gasteiger partial charge < -0.3 is 5.32 Å². The Hall–Kier alpha value is -2.77. The first-order valence-electron chi connectivity index (χ1n) is 8.99. The molecule has 0 aliphatic rings. The highest BCUT2D eigenvalue weighted by molar-refractivity contribution is 9.10.